The Morgan fingerprint density at radius 2 is 1.96 bits per heavy atom. The van der Waals surface area contributed by atoms with Gasteiger partial charge in [-0.2, -0.15) is 0 Å². The fraction of sp³-hybridized carbons (Fsp3) is 0.474. The van der Waals surface area contributed by atoms with Crippen molar-refractivity contribution in [2.24, 2.45) is 0 Å². The number of rotatable bonds is 3. The number of nitrogens with one attached hydrogen (secondary N) is 1. The van der Waals surface area contributed by atoms with Crippen LogP contribution in [-0.2, 0) is 19.4 Å². The maximum absolute atomic E-state index is 9.97. The second-order valence-electron chi connectivity index (χ2n) is 6.74. The topological polar surface area (TPSA) is 52.5 Å². The molecule has 0 fully saturated rings. The molecule has 0 spiro atoms. The summed E-state index contributed by atoms with van der Waals surface area (Å²) in [5, 5.41) is 23.5. The fourth-order valence-electron chi connectivity index (χ4n) is 4.04. The highest BCUT2D eigenvalue weighted by molar-refractivity contribution is 8.93. The lowest BCUT2D eigenvalue weighted by Crippen LogP contribution is -2.41. The van der Waals surface area contributed by atoms with Gasteiger partial charge in [-0.25, -0.2) is 0 Å². The number of hydrogen-bond acceptors (Lipinski definition) is 4. The molecule has 1 aromatic carbocycles. The number of phenols is 2. The number of thiophene rings is 1. The first-order valence-corrected chi connectivity index (χ1v) is 9.38. The Balaban J connectivity index is 0.00000169. The lowest BCUT2D eigenvalue weighted by molar-refractivity contribution is 0.382. The third-order valence-corrected chi connectivity index (χ3v) is 6.44. The fourth-order valence-corrected chi connectivity index (χ4v) is 5.25. The molecule has 2 aromatic rings. The molecule has 130 valence electrons. The molecule has 1 aliphatic carbocycles. The summed E-state index contributed by atoms with van der Waals surface area (Å²) in [4.78, 5) is 2.92. The van der Waals surface area contributed by atoms with Gasteiger partial charge < -0.3 is 15.5 Å². The van der Waals surface area contributed by atoms with Crippen LogP contribution < -0.4 is 5.32 Å². The zero-order chi connectivity index (χ0) is 16.0. The highest BCUT2D eigenvalue weighted by Crippen LogP contribution is 2.46. The van der Waals surface area contributed by atoms with Gasteiger partial charge in [0.2, 0.25) is 0 Å². The Bertz CT molecular complexity index is 743. The average Bonchev–Trinajstić information content (AvgIpc) is 2.96. The van der Waals surface area contributed by atoms with E-state index in [1.165, 1.54) is 45.7 Å². The summed E-state index contributed by atoms with van der Waals surface area (Å²) in [6, 6.07) is 6.36. The molecule has 0 saturated carbocycles. The van der Waals surface area contributed by atoms with Crippen LogP contribution in [0.25, 0.3) is 0 Å². The molecule has 1 aliphatic heterocycles. The predicted molar refractivity (Wildman–Crippen MR) is 104 cm³/mol. The van der Waals surface area contributed by atoms with E-state index < -0.39 is 0 Å². The molecule has 0 saturated heterocycles. The van der Waals surface area contributed by atoms with Crippen LogP contribution >= 0.6 is 28.3 Å². The summed E-state index contributed by atoms with van der Waals surface area (Å²) in [5.74, 6) is 0.304. The molecule has 24 heavy (non-hydrogen) atoms. The molecule has 2 unspecified atom stereocenters. The average molecular weight is 410 g/mol. The minimum atomic E-state index is -0.00189. The van der Waals surface area contributed by atoms with Gasteiger partial charge in [-0.3, -0.25) is 0 Å². The molecular weight excluding hydrogens is 386 g/mol. The Hall–Kier alpha value is -1.04. The van der Waals surface area contributed by atoms with E-state index in [0.717, 1.165) is 19.4 Å². The van der Waals surface area contributed by atoms with Crippen molar-refractivity contribution in [1.82, 2.24) is 5.32 Å². The smallest absolute Gasteiger partial charge is 0.157 e. The molecule has 3 nitrogen and oxygen atoms in total. The van der Waals surface area contributed by atoms with Crippen molar-refractivity contribution in [2.45, 2.75) is 57.5 Å². The number of aromatic hydroxyl groups is 2. The van der Waals surface area contributed by atoms with Gasteiger partial charge in [-0.15, -0.1) is 28.3 Å². The lowest BCUT2D eigenvalue weighted by atomic mass is 9.74. The zero-order valence-corrected chi connectivity index (χ0v) is 16.4. The van der Waals surface area contributed by atoms with Crippen molar-refractivity contribution in [3.05, 3.63) is 44.6 Å². The number of unbranched alkanes of at least 4 members (excludes halogenated alkanes) is 1. The number of halogens is 1. The normalized spacial score (nSPS) is 21.4. The van der Waals surface area contributed by atoms with Crippen LogP contribution in [0.5, 0.6) is 11.5 Å². The summed E-state index contributed by atoms with van der Waals surface area (Å²) in [6.45, 7) is 3.20. The lowest BCUT2D eigenvalue weighted by Gasteiger charge is -2.38. The maximum atomic E-state index is 9.97. The molecule has 3 N–H and O–H groups in total. The van der Waals surface area contributed by atoms with Crippen molar-refractivity contribution in [3.8, 4) is 11.5 Å². The van der Waals surface area contributed by atoms with Gasteiger partial charge in [0.1, 0.15) is 0 Å². The van der Waals surface area contributed by atoms with Crippen LogP contribution in [0.2, 0.25) is 0 Å². The first-order valence-electron chi connectivity index (χ1n) is 8.57. The van der Waals surface area contributed by atoms with Crippen molar-refractivity contribution in [2.75, 3.05) is 0 Å². The highest BCUT2D eigenvalue weighted by atomic mass is 79.9. The summed E-state index contributed by atoms with van der Waals surface area (Å²) >= 11 is 1.94. The van der Waals surface area contributed by atoms with Crippen LogP contribution in [0.3, 0.4) is 0 Å². The van der Waals surface area contributed by atoms with Crippen LogP contribution in [0.15, 0.2) is 18.2 Å². The molecule has 4 rings (SSSR count). The van der Waals surface area contributed by atoms with Gasteiger partial charge in [0, 0.05) is 28.3 Å². The van der Waals surface area contributed by atoms with Gasteiger partial charge in [0.15, 0.2) is 11.5 Å². The highest BCUT2D eigenvalue weighted by Gasteiger charge is 2.36. The maximum Gasteiger partial charge on any atom is 0.157 e. The van der Waals surface area contributed by atoms with Crippen molar-refractivity contribution in [3.63, 3.8) is 0 Å². The molecule has 0 amide bonds. The van der Waals surface area contributed by atoms with E-state index in [4.69, 9.17) is 0 Å². The molecule has 1 aromatic heterocycles. The van der Waals surface area contributed by atoms with Gasteiger partial charge in [0.25, 0.3) is 0 Å². The van der Waals surface area contributed by atoms with Crippen LogP contribution in [-0.4, -0.2) is 16.3 Å². The summed E-state index contributed by atoms with van der Waals surface area (Å²) in [5.41, 5.74) is 3.80. The number of benzene rings is 1. The van der Waals surface area contributed by atoms with E-state index in [-0.39, 0.29) is 28.5 Å². The standard InChI is InChI=1S/C19H23NO2S.BrH/c1-2-3-4-12-8-14-18(23-12)10-20-15-6-5-11-7-16(21)17(22)9-13(11)19(14)15;/h7-9,15,19-22H,2-6,10H2,1H3;1H. The van der Waals surface area contributed by atoms with Crippen LogP contribution in [0.4, 0.5) is 0 Å². The van der Waals surface area contributed by atoms with Crippen LogP contribution in [0, 0.1) is 0 Å². The minimum Gasteiger partial charge on any atom is -0.504 e. The summed E-state index contributed by atoms with van der Waals surface area (Å²) < 4.78 is 0. The Kier molecular flexibility index (Phi) is 5.23. The SMILES string of the molecule is Br.CCCCc1cc2c(s1)CNC1CCc3cc(O)c(O)cc3C21. The predicted octanol–water partition coefficient (Wildman–Crippen LogP) is 4.63. The van der Waals surface area contributed by atoms with E-state index in [2.05, 4.69) is 18.3 Å². The van der Waals surface area contributed by atoms with E-state index in [0.29, 0.717) is 12.0 Å². The van der Waals surface area contributed by atoms with Gasteiger partial charge >= 0.3 is 0 Å². The molecule has 2 heterocycles. The van der Waals surface area contributed by atoms with E-state index in [1.54, 1.807) is 12.1 Å². The third-order valence-electron chi connectivity index (χ3n) is 5.23. The van der Waals surface area contributed by atoms with E-state index in [9.17, 15) is 10.2 Å². The van der Waals surface area contributed by atoms with Crippen LogP contribution in [0.1, 0.15) is 58.5 Å². The van der Waals surface area contributed by atoms with Crippen molar-refractivity contribution < 1.29 is 10.2 Å². The largest absolute Gasteiger partial charge is 0.504 e. The Labute approximate surface area is 157 Å². The monoisotopic (exact) mass is 409 g/mol. The summed E-state index contributed by atoms with van der Waals surface area (Å²) in [6.07, 6.45) is 5.68. The number of hydrogen-bond donors (Lipinski definition) is 3. The number of phenolic OH excluding ortho intramolecular Hbond substituents is 2. The molecule has 0 bridgehead atoms. The molecule has 2 atom stereocenters. The molecule has 2 aliphatic rings. The first-order chi connectivity index (χ1) is 11.2. The number of aryl methyl sites for hydroxylation is 2. The zero-order valence-electron chi connectivity index (χ0n) is 13.8. The first kappa shape index (κ1) is 17.8. The number of fused-ring (bicyclic) bond motifs is 5. The van der Waals surface area contributed by atoms with Crippen molar-refractivity contribution >= 4 is 28.3 Å². The molecule has 5 heteroatoms. The third kappa shape index (κ3) is 2.98. The van der Waals surface area contributed by atoms with Gasteiger partial charge in [-0.05, 0) is 60.6 Å². The quantitative estimate of drug-likeness (QED) is 0.647. The summed E-state index contributed by atoms with van der Waals surface area (Å²) in [7, 11) is 0. The van der Waals surface area contributed by atoms with E-state index in [1.807, 2.05) is 11.3 Å². The van der Waals surface area contributed by atoms with Gasteiger partial charge in [0.05, 0.1) is 0 Å². The van der Waals surface area contributed by atoms with E-state index >= 15 is 0 Å². The Morgan fingerprint density at radius 3 is 2.75 bits per heavy atom. The minimum absolute atomic E-state index is 0. The van der Waals surface area contributed by atoms with Gasteiger partial charge in [-0.1, -0.05) is 13.3 Å². The molecular formula is C19H24BrNO2S. The van der Waals surface area contributed by atoms with Crippen molar-refractivity contribution in [1.29, 1.82) is 0 Å². The molecule has 0 radical (unpaired) electrons. The second kappa shape index (κ2) is 7.06. The Morgan fingerprint density at radius 1 is 1.17 bits per heavy atom. The second-order valence-corrected chi connectivity index (χ2v) is 7.96.